The molecule has 3 N–H and O–H groups in total. The standard InChI is InChI=1S/C14H25N3O2/c1-3-11(7-8-15)5-6-13(18)16-10-14-17-9-12(4-2)19-14/h9,11H,3-8,10,15H2,1-2H3,(H,16,18). The Hall–Kier alpha value is -1.36. The fraction of sp³-hybridized carbons (Fsp3) is 0.714. The quantitative estimate of drug-likeness (QED) is 0.717. The summed E-state index contributed by atoms with van der Waals surface area (Å²) >= 11 is 0. The van der Waals surface area contributed by atoms with Crippen molar-refractivity contribution in [2.45, 2.75) is 52.5 Å². The van der Waals surface area contributed by atoms with Gasteiger partial charge < -0.3 is 15.5 Å². The van der Waals surface area contributed by atoms with Gasteiger partial charge >= 0.3 is 0 Å². The van der Waals surface area contributed by atoms with E-state index in [-0.39, 0.29) is 5.91 Å². The molecule has 1 heterocycles. The van der Waals surface area contributed by atoms with E-state index in [0.29, 0.717) is 31.3 Å². The molecule has 1 aromatic heterocycles. The normalized spacial score (nSPS) is 12.4. The Kier molecular flexibility index (Phi) is 7.18. The highest BCUT2D eigenvalue weighted by molar-refractivity contribution is 5.75. The lowest BCUT2D eigenvalue weighted by molar-refractivity contribution is -0.121. The van der Waals surface area contributed by atoms with Crippen molar-refractivity contribution in [3.05, 3.63) is 17.8 Å². The molecule has 0 aromatic carbocycles. The Labute approximate surface area is 115 Å². The fourth-order valence-corrected chi connectivity index (χ4v) is 1.98. The Balaban J connectivity index is 2.23. The second-order valence-electron chi connectivity index (χ2n) is 4.74. The predicted octanol–water partition coefficient (Wildman–Crippen LogP) is 2.01. The molecular weight excluding hydrogens is 242 g/mol. The summed E-state index contributed by atoms with van der Waals surface area (Å²) in [6.07, 6.45) is 6.02. The molecule has 0 aliphatic carbocycles. The predicted molar refractivity (Wildman–Crippen MR) is 74.4 cm³/mol. The van der Waals surface area contributed by atoms with Crippen LogP contribution in [0, 0.1) is 5.92 Å². The van der Waals surface area contributed by atoms with Crippen LogP contribution >= 0.6 is 0 Å². The topological polar surface area (TPSA) is 81.2 Å². The van der Waals surface area contributed by atoms with Gasteiger partial charge in [0.1, 0.15) is 5.76 Å². The lowest BCUT2D eigenvalue weighted by atomic mass is 9.96. The van der Waals surface area contributed by atoms with Crippen molar-refractivity contribution in [2.24, 2.45) is 11.7 Å². The molecular formula is C14H25N3O2. The number of carbonyl (C=O) groups is 1. The number of oxazole rings is 1. The largest absolute Gasteiger partial charge is 0.444 e. The lowest BCUT2D eigenvalue weighted by Gasteiger charge is -2.12. The molecule has 1 atom stereocenters. The SMILES string of the molecule is CCc1cnc(CNC(=O)CCC(CC)CCN)o1. The van der Waals surface area contributed by atoms with E-state index in [1.165, 1.54) is 0 Å². The van der Waals surface area contributed by atoms with Crippen LogP contribution in [0.3, 0.4) is 0 Å². The van der Waals surface area contributed by atoms with Gasteiger partial charge in [0.25, 0.3) is 0 Å². The monoisotopic (exact) mass is 267 g/mol. The number of aryl methyl sites for hydroxylation is 1. The van der Waals surface area contributed by atoms with E-state index >= 15 is 0 Å². The molecule has 1 unspecified atom stereocenters. The summed E-state index contributed by atoms with van der Waals surface area (Å²) in [5, 5.41) is 2.83. The molecule has 5 nitrogen and oxygen atoms in total. The molecule has 0 bridgehead atoms. The van der Waals surface area contributed by atoms with Gasteiger partial charge in [-0.05, 0) is 25.3 Å². The summed E-state index contributed by atoms with van der Waals surface area (Å²) in [7, 11) is 0. The third-order valence-electron chi connectivity index (χ3n) is 3.32. The van der Waals surface area contributed by atoms with Gasteiger partial charge in [0.15, 0.2) is 0 Å². The molecule has 0 fully saturated rings. The number of carbonyl (C=O) groups excluding carboxylic acids is 1. The van der Waals surface area contributed by atoms with E-state index < -0.39 is 0 Å². The highest BCUT2D eigenvalue weighted by Crippen LogP contribution is 2.14. The summed E-state index contributed by atoms with van der Waals surface area (Å²) in [5.41, 5.74) is 5.54. The molecule has 0 saturated heterocycles. The van der Waals surface area contributed by atoms with E-state index in [4.69, 9.17) is 10.2 Å². The van der Waals surface area contributed by atoms with Crippen molar-refractivity contribution in [2.75, 3.05) is 6.54 Å². The van der Waals surface area contributed by atoms with Gasteiger partial charge in [-0.25, -0.2) is 4.98 Å². The first kappa shape index (κ1) is 15.7. The maximum absolute atomic E-state index is 11.7. The number of hydrogen-bond donors (Lipinski definition) is 2. The summed E-state index contributed by atoms with van der Waals surface area (Å²) in [6, 6.07) is 0. The molecule has 0 aliphatic rings. The molecule has 108 valence electrons. The zero-order chi connectivity index (χ0) is 14.1. The number of nitrogens with zero attached hydrogens (tertiary/aromatic N) is 1. The second-order valence-corrected chi connectivity index (χ2v) is 4.74. The minimum absolute atomic E-state index is 0.0479. The summed E-state index contributed by atoms with van der Waals surface area (Å²) in [6.45, 7) is 5.20. The highest BCUT2D eigenvalue weighted by atomic mass is 16.4. The van der Waals surface area contributed by atoms with Crippen molar-refractivity contribution >= 4 is 5.91 Å². The van der Waals surface area contributed by atoms with E-state index in [1.807, 2.05) is 6.92 Å². The van der Waals surface area contributed by atoms with Crippen molar-refractivity contribution in [3.8, 4) is 0 Å². The van der Waals surface area contributed by atoms with E-state index in [9.17, 15) is 4.79 Å². The van der Waals surface area contributed by atoms with E-state index in [2.05, 4.69) is 17.2 Å². The molecule has 0 aliphatic heterocycles. The lowest BCUT2D eigenvalue weighted by Crippen LogP contribution is -2.23. The van der Waals surface area contributed by atoms with Crippen LogP contribution < -0.4 is 11.1 Å². The first-order valence-corrected chi connectivity index (χ1v) is 7.09. The van der Waals surface area contributed by atoms with E-state index in [0.717, 1.165) is 31.4 Å². The van der Waals surface area contributed by atoms with Crippen molar-refractivity contribution in [3.63, 3.8) is 0 Å². The first-order valence-electron chi connectivity index (χ1n) is 7.09. The smallest absolute Gasteiger partial charge is 0.220 e. The maximum atomic E-state index is 11.7. The van der Waals surface area contributed by atoms with Gasteiger partial charge in [0.2, 0.25) is 11.8 Å². The summed E-state index contributed by atoms with van der Waals surface area (Å²) in [5.74, 6) is 2.01. The number of nitrogens with one attached hydrogen (secondary N) is 1. The zero-order valence-corrected chi connectivity index (χ0v) is 11.9. The molecule has 19 heavy (non-hydrogen) atoms. The fourth-order valence-electron chi connectivity index (χ4n) is 1.98. The minimum atomic E-state index is 0.0479. The molecule has 0 saturated carbocycles. The molecule has 1 aromatic rings. The van der Waals surface area contributed by atoms with Crippen LogP contribution in [-0.2, 0) is 17.8 Å². The van der Waals surface area contributed by atoms with Crippen LogP contribution in [-0.4, -0.2) is 17.4 Å². The third-order valence-corrected chi connectivity index (χ3v) is 3.32. The number of rotatable bonds is 9. The zero-order valence-electron chi connectivity index (χ0n) is 11.9. The van der Waals surface area contributed by atoms with Gasteiger partial charge in [-0.2, -0.15) is 0 Å². The average Bonchev–Trinajstić information content (AvgIpc) is 2.89. The van der Waals surface area contributed by atoms with Gasteiger partial charge in [-0.15, -0.1) is 0 Å². The molecule has 0 spiro atoms. The van der Waals surface area contributed by atoms with Gasteiger partial charge in [0, 0.05) is 12.8 Å². The number of hydrogen-bond acceptors (Lipinski definition) is 4. The Morgan fingerprint density at radius 2 is 2.26 bits per heavy atom. The second kappa shape index (κ2) is 8.69. The van der Waals surface area contributed by atoms with Crippen molar-refractivity contribution < 1.29 is 9.21 Å². The summed E-state index contributed by atoms with van der Waals surface area (Å²) in [4.78, 5) is 15.8. The van der Waals surface area contributed by atoms with Gasteiger partial charge in [-0.3, -0.25) is 4.79 Å². The average molecular weight is 267 g/mol. The highest BCUT2D eigenvalue weighted by Gasteiger charge is 2.10. The van der Waals surface area contributed by atoms with Crippen LogP contribution in [0.4, 0.5) is 0 Å². The van der Waals surface area contributed by atoms with Crippen LogP contribution in [0.5, 0.6) is 0 Å². The first-order chi connectivity index (χ1) is 9.19. The minimum Gasteiger partial charge on any atom is -0.444 e. The summed E-state index contributed by atoms with van der Waals surface area (Å²) < 4.78 is 5.43. The van der Waals surface area contributed by atoms with Gasteiger partial charge in [0.05, 0.1) is 12.7 Å². The van der Waals surface area contributed by atoms with Crippen LogP contribution in [0.2, 0.25) is 0 Å². The number of nitrogens with two attached hydrogens (primary N) is 1. The Bertz CT molecular complexity index is 377. The van der Waals surface area contributed by atoms with Crippen LogP contribution in [0.15, 0.2) is 10.6 Å². The maximum Gasteiger partial charge on any atom is 0.220 e. The van der Waals surface area contributed by atoms with Crippen LogP contribution in [0.1, 0.15) is 51.2 Å². The van der Waals surface area contributed by atoms with E-state index in [1.54, 1.807) is 6.20 Å². The van der Waals surface area contributed by atoms with Gasteiger partial charge in [-0.1, -0.05) is 20.3 Å². The number of aromatic nitrogens is 1. The third kappa shape index (κ3) is 5.87. The molecule has 1 rings (SSSR count). The molecule has 1 amide bonds. The van der Waals surface area contributed by atoms with Crippen molar-refractivity contribution in [1.82, 2.24) is 10.3 Å². The van der Waals surface area contributed by atoms with Crippen molar-refractivity contribution in [1.29, 1.82) is 0 Å². The van der Waals surface area contributed by atoms with Crippen LogP contribution in [0.25, 0.3) is 0 Å². The Morgan fingerprint density at radius 3 is 2.84 bits per heavy atom. The molecule has 0 radical (unpaired) electrons. The Morgan fingerprint density at radius 1 is 1.47 bits per heavy atom. The molecule has 5 heteroatoms. The number of amides is 1.